The smallest absolute Gasteiger partial charge is 0.410 e. The van der Waals surface area contributed by atoms with E-state index < -0.39 is 5.60 Å². The molecule has 0 unspecified atom stereocenters. The number of carbonyl (C=O) groups excluding carboxylic acids is 1. The zero-order chi connectivity index (χ0) is 19.1. The summed E-state index contributed by atoms with van der Waals surface area (Å²) >= 11 is 0. The van der Waals surface area contributed by atoms with Gasteiger partial charge in [0.05, 0.1) is 17.4 Å². The highest BCUT2D eigenvalue weighted by Gasteiger charge is 2.35. The molecule has 26 heavy (non-hydrogen) atoms. The Morgan fingerprint density at radius 2 is 2.08 bits per heavy atom. The van der Waals surface area contributed by atoms with Crippen molar-refractivity contribution in [2.24, 2.45) is 0 Å². The Bertz CT molecular complexity index is 806. The van der Waals surface area contributed by atoms with Gasteiger partial charge in [0.2, 0.25) is 5.95 Å². The number of rotatable bonds is 3. The third kappa shape index (κ3) is 3.71. The van der Waals surface area contributed by atoms with Gasteiger partial charge in [0.15, 0.2) is 0 Å². The van der Waals surface area contributed by atoms with Gasteiger partial charge in [-0.05, 0) is 27.7 Å². The van der Waals surface area contributed by atoms with Crippen molar-refractivity contribution in [1.82, 2.24) is 25.1 Å². The van der Waals surface area contributed by atoms with Gasteiger partial charge >= 0.3 is 6.09 Å². The highest BCUT2D eigenvalue weighted by molar-refractivity contribution is 5.70. The van der Waals surface area contributed by atoms with Crippen LogP contribution in [0.1, 0.15) is 26.5 Å². The van der Waals surface area contributed by atoms with Gasteiger partial charge in [0.1, 0.15) is 11.4 Å². The molecule has 0 radical (unpaired) electrons. The van der Waals surface area contributed by atoms with Gasteiger partial charge in [-0.15, -0.1) is 0 Å². The molecule has 2 aromatic heterocycles. The van der Waals surface area contributed by atoms with E-state index in [-0.39, 0.29) is 18.1 Å². The number of hydrogen-bond donors (Lipinski definition) is 2. The van der Waals surface area contributed by atoms with E-state index in [0.29, 0.717) is 13.1 Å². The predicted octanol–water partition coefficient (Wildman–Crippen LogP) is 1.81. The minimum absolute atomic E-state index is 0.0696. The monoisotopic (exact) mass is 359 g/mol. The third-order valence-corrected chi connectivity index (χ3v) is 4.25. The van der Waals surface area contributed by atoms with Crippen molar-refractivity contribution in [3.05, 3.63) is 18.0 Å². The molecule has 0 bridgehead atoms. The average molecular weight is 359 g/mol. The number of anilines is 2. The van der Waals surface area contributed by atoms with Gasteiger partial charge in [-0.3, -0.25) is 5.10 Å². The molecule has 1 aliphatic heterocycles. The molecule has 140 valence electrons. The number of likely N-dealkylation sites (N-methyl/N-ethyl adjacent to an activating group) is 1. The summed E-state index contributed by atoms with van der Waals surface area (Å²) in [5.74, 6) is 0.948. The second-order valence-electron chi connectivity index (χ2n) is 7.50. The van der Waals surface area contributed by atoms with Gasteiger partial charge in [0, 0.05) is 38.0 Å². The van der Waals surface area contributed by atoms with Crippen LogP contribution in [0.25, 0.3) is 11.3 Å². The van der Waals surface area contributed by atoms with E-state index in [1.54, 1.807) is 18.1 Å². The zero-order valence-corrected chi connectivity index (χ0v) is 15.8. The number of nitrogen functional groups attached to an aromatic ring is 1. The van der Waals surface area contributed by atoms with Crippen LogP contribution in [0.15, 0.2) is 12.3 Å². The van der Waals surface area contributed by atoms with Crippen molar-refractivity contribution in [1.29, 1.82) is 0 Å². The molecule has 1 saturated heterocycles. The van der Waals surface area contributed by atoms with E-state index in [4.69, 9.17) is 10.5 Å². The number of aromatic amines is 1. The van der Waals surface area contributed by atoms with Crippen LogP contribution in [0.4, 0.5) is 16.6 Å². The Hall–Kier alpha value is -2.84. The molecule has 0 saturated carbocycles. The van der Waals surface area contributed by atoms with Crippen LogP contribution in [-0.4, -0.2) is 62.9 Å². The molecule has 9 nitrogen and oxygen atoms in total. The molecule has 9 heteroatoms. The Labute approximate surface area is 152 Å². The first-order valence-electron chi connectivity index (χ1n) is 8.50. The van der Waals surface area contributed by atoms with E-state index in [2.05, 4.69) is 25.1 Å². The number of hydrogen-bond acceptors (Lipinski definition) is 7. The molecule has 0 spiro atoms. The number of nitrogens with one attached hydrogen (secondary N) is 1. The van der Waals surface area contributed by atoms with Crippen LogP contribution in [0.5, 0.6) is 0 Å². The molecule has 3 heterocycles. The van der Waals surface area contributed by atoms with Crippen LogP contribution in [0.3, 0.4) is 0 Å². The Balaban J connectivity index is 1.69. The normalized spacial score (nSPS) is 14.9. The lowest BCUT2D eigenvalue weighted by Crippen LogP contribution is -2.60. The Kier molecular flexibility index (Phi) is 4.47. The molecule has 1 aliphatic rings. The molecule has 0 atom stereocenters. The van der Waals surface area contributed by atoms with Crippen molar-refractivity contribution >= 4 is 17.9 Å². The summed E-state index contributed by atoms with van der Waals surface area (Å²) in [6.07, 6.45) is 1.47. The quantitative estimate of drug-likeness (QED) is 0.859. The Morgan fingerprint density at radius 3 is 2.65 bits per heavy atom. The minimum atomic E-state index is -0.507. The molecule has 3 rings (SSSR count). The van der Waals surface area contributed by atoms with E-state index in [1.807, 2.05) is 33.8 Å². The summed E-state index contributed by atoms with van der Waals surface area (Å²) in [5, 5.41) is 6.94. The van der Waals surface area contributed by atoms with E-state index in [9.17, 15) is 4.79 Å². The number of nitrogens with zero attached hydrogens (tertiary/aromatic N) is 5. The van der Waals surface area contributed by atoms with E-state index in [1.165, 1.54) is 0 Å². The molecule has 2 aromatic rings. The van der Waals surface area contributed by atoms with Gasteiger partial charge in [-0.2, -0.15) is 10.1 Å². The summed E-state index contributed by atoms with van der Waals surface area (Å²) in [5.41, 5.74) is 7.84. The van der Waals surface area contributed by atoms with Crippen LogP contribution in [-0.2, 0) is 4.74 Å². The zero-order valence-electron chi connectivity index (χ0n) is 15.8. The predicted molar refractivity (Wildman–Crippen MR) is 98.8 cm³/mol. The molecule has 0 aliphatic carbocycles. The fourth-order valence-electron chi connectivity index (χ4n) is 2.74. The highest BCUT2D eigenvalue weighted by Crippen LogP contribution is 2.28. The molecule has 1 amide bonds. The average Bonchev–Trinajstić information content (AvgIpc) is 2.89. The first-order chi connectivity index (χ1) is 12.1. The van der Waals surface area contributed by atoms with Gasteiger partial charge in [-0.1, -0.05) is 0 Å². The number of amides is 1. The van der Waals surface area contributed by atoms with Crippen molar-refractivity contribution in [3.63, 3.8) is 0 Å². The summed E-state index contributed by atoms with van der Waals surface area (Å²) in [6.45, 7) is 8.80. The number of aromatic nitrogens is 4. The van der Waals surface area contributed by atoms with Crippen LogP contribution < -0.4 is 10.6 Å². The third-order valence-electron chi connectivity index (χ3n) is 4.25. The first-order valence-corrected chi connectivity index (χ1v) is 8.50. The van der Waals surface area contributed by atoms with Crippen LogP contribution in [0, 0.1) is 6.92 Å². The maximum Gasteiger partial charge on any atom is 0.410 e. The molecular weight excluding hydrogens is 334 g/mol. The van der Waals surface area contributed by atoms with Gasteiger partial charge in [0.25, 0.3) is 0 Å². The van der Waals surface area contributed by atoms with E-state index >= 15 is 0 Å². The first kappa shape index (κ1) is 18.0. The summed E-state index contributed by atoms with van der Waals surface area (Å²) < 4.78 is 5.41. The molecule has 0 aromatic carbocycles. The second-order valence-corrected chi connectivity index (χ2v) is 7.50. The lowest BCUT2D eigenvalue weighted by Gasteiger charge is -2.44. The number of carbonyl (C=O) groups is 1. The lowest BCUT2D eigenvalue weighted by atomic mass is 10.1. The van der Waals surface area contributed by atoms with Crippen LogP contribution in [0.2, 0.25) is 0 Å². The van der Waals surface area contributed by atoms with Gasteiger partial charge < -0.3 is 20.3 Å². The number of aryl methyl sites for hydroxylation is 1. The second kappa shape index (κ2) is 6.47. The topological polar surface area (TPSA) is 113 Å². The highest BCUT2D eigenvalue weighted by atomic mass is 16.6. The lowest BCUT2D eigenvalue weighted by molar-refractivity contribution is 0.0196. The fraction of sp³-hybridized carbons (Fsp3) is 0.529. The van der Waals surface area contributed by atoms with Crippen molar-refractivity contribution < 1.29 is 9.53 Å². The number of H-pyrrole nitrogens is 1. The van der Waals surface area contributed by atoms with Crippen molar-refractivity contribution in [2.45, 2.75) is 39.3 Å². The SMILES string of the molecule is Cc1n[nH]cc1-c1cc(N2CC(N(C)C(=O)OC(C)(C)C)C2)nc(N)n1. The van der Waals surface area contributed by atoms with Crippen molar-refractivity contribution in [2.75, 3.05) is 30.8 Å². The molecule has 1 fully saturated rings. The minimum Gasteiger partial charge on any atom is -0.444 e. The van der Waals surface area contributed by atoms with E-state index in [0.717, 1.165) is 22.8 Å². The van der Waals surface area contributed by atoms with Gasteiger partial charge in [-0.25, -0.2) is 9.78 Å². The summed E-state index contributed by atoms with van der Waals surface area (Å²) in [6, 6.07) is 1.96. The maximum absolute atomic E-state index is 12.2. The summed E-state index contributed by atoms with van der Waals surface area (Å²) in [7, 11) is 1.75. The largest absolute Gasteiger partial charge is 0.444 e. The molecule has 3 N–H and O–H groups in total. The van der Waals surface area contributed by atoms with Crippen LogP contribution >= 0.6 is 0 Å². The molecular formula is C17H25N7O2. The fourth-order valence-corrected chi connectivity index (χ4v) is 2.74. The number of nitrogens with two attached hydrogens (primary N) is 1. The maximum atomic E-state index is 12.2. The summed E-state index contributed by atoms with van der Waals surface area (Å²) in [4.78, 5) is 24.5. The Morgan fingerprint density at radius 1 is 1.38 bits per heavy atom. The standard InChI is InChI=1S/C17H25N7O2/c1-10-12(7-19-22-10)13-6-14(21-15(18)20-13)24-8-11(9-24)23(5)16(25)26-17(2,3)4/h6-7,11H,8-9H2,1-5H3,(H,19,22)(H2,18,20,21). The number of ether oxygens (including phenoxy) is 1. The van der Waals surface area contributed by atoms with Crippen molar-refractivity contribution in [3.8, 4) is 11.3 Å².